The van der Waals surface area contributed by atoms with Gasteiger partial charge in [-0.2, -0.15) is 13.2 Å². The van der Waals surface area contributed by atoms with E-state index in [0.717, 1.165) is 30.2 Å². The van der Waals surface area contributed by atoms with Gasteiger partial charge in [0.25, 0.3) is 0 Å². The van der Waals surface area contributed by atoms with Crippen LogP contribution in [0.3, 0.4) is 0 Å². The standard InChI is InChI=1S/C16H14F3N/c17-16(18,19)15-7-2-1-5-13(15)12-6-3-4-11-8-9-20-10-14(11)12/h1-7,20H,8-10H2. The molecule has 0 radical (unpaired) electrons. The van der Waals surface area contributed by atoms with Crippen molar-refractivity contribution in [2.75, 3.05) is 6.54 Å². The van der Waals surface area contributed by atoms with E-state index in [1.165, 1.54) is 6.07 Å². The first-order valence-electron chi connectivity index (χ1n) is 6.55. The van der Waals surface area contributed by atoms with Gasteiger partial charge in [-0.05, 0) is 41.3 Å². The van der Waals surface area contributed by atoms with Gasteiger partial charge in [0.2, 0.25) is 0 Å². The molecule has 0 unspecified atom stereocenters. The molecular formula is C16H14F3N. The van der Waals surface area contributed by atoms with Crippen LogP contribution in [0.15, 0.2) is 42.5 Å². The van der Waals surface area contributed by atoms with E-state index in [0.29, 0.717) is 12.1 Å². The maximum absolute atomic E-state index is 13.2. The van der Waals surface area contributed by atoms with Gasteiger partial charge in [0.15, 0.2) is 0 Å². The van der Waals surface area contributed by atoms with Crippen molar-refractivity contribution >= 4 is 0 Å². The van der Waals surface area contributed by atoms with E-state index in [4.69, 9.17) is 0 Å². The number of hydrogen-bond donors (Lipinski definition) is 1. The predicted molar refractivity (Wildman–Crippen MR) is 72.3 cm³/mol. The fourth-order valence-corrected chi connectivity index (χ4v) is 2.73. The predicted octanol–water partition coefficient (Wildman–Crippen LogP) is 4.02. The number of alkyl halides is 3. The monoisotopic (exact) mass is 277 g/mol. The quantitative estimate of drug-likeness (QED) is 0.830. The smallest absolute Gasteiger partial charge is 0.312 e. The molecule has 1 N–H and O–H groups in total. The van der Waals surface area contributed by atoms with Gasteiger partial charge >= 0.3 is 6.18 Å². The zero-order chi connectivity index (χ0) is 14.2. The van der Waals surface area contributed by atoms with Gasteiger partial charge in [-0.3, -0.25) is 0 Å². The highest BCUT2D eigenvalue weighted by molar-refractivity contribution is 5.72. The molecule has 4 heteroatoms. The Bertz CT molecular complexity index is 632. The van der Waals surface area contributed by atoms with Crippen LogP contribution in [0.4, 0.5) is 13.2 Å². The summed E-state index contributed by atoms with van der Waals surface area (Å²) in [6, 6.07) is 11.4. The summed E-state index contributed by atoms with van der Waals surface area (Å²) in [7, 11) is 0. The summed E-state index contributed by atoms with van der Waals surface area (Å²) in [6.45, 7) is 1.50. The van der Waals surface area contributed by atoms with E-state index in [1.807, 2.05) is 12.1 Å². The summed E-state index contributed by atoms with van der Waals surface area (Å²) < 4.78 is 39.5. The lowest BCUT2D eigenvalue weighted by atomic mass is 9.89. The number of rotatable bonds is 1. The highest BCUT2D eigenvalue weighted by atomic mass is 19.4. The van der Waals surface area contributed by atoms with E-state index in [2.05, 4.69) is 5.32 Å². The molecule has 1 nitrogen and oxygen atoms in total. The van der Waals surface area contributed by atoms with Gasteiger partial charge in [-0.25, -0.2) is 0 Å². The van der Waals surface area contributed by atoms with E-state index in [-0.39, 0.29) is 5.56 Å². The average Bonchev–Trinajstić information content (AvgIpc) is 2.46. The number of hydrogen-bond acceptors (Lipinski definition) is 1. The molecular weight excluding hydrogens is 263 g/mol. The Balaban J connectivity index is 2.20. The van der Waals surface area contributed by atoms with Crippen molar-refractivity contribution in [3.63, 3.8) is 0 Å². The molecule has 2 aromatic carbocycles. The maximum atomic E-state index is 13.2. The molecule has 0 fully saturated rings. The zero-order valence-corrected chi connectivity index (χ0v) is 10.8. The van der Waals surface area contributed by atoms with Gasteiger partial charge in [0.05, 0.1) is 5.56 Å². The van der Waals surface area contributed by atoms with Crippen LogP contribution in [-0.4, -0.2) is 6.54 Å². The third-order valence-electron chi connectivity index (χ3n) is 3.67. The van der Waals surface area contributed by atoms with Crippen LogP contribution in [0.1, 0.15) is 16.7 Å². The third-order valence-corrected chi connectivity index (χ3v) is 3.67. The molecule has 3 rings (SSSR count). The van der Waals surface area contributed by atoms with Gasteiger partial charge in [-0.1, -0.05) is 36.4 Å². The molecule has 0 amide bonds. The summed E-state index contributed by atoms with van der Waals surface area (Å²) in [4.78, 5) is 0. The first kappa shape index (κ1) is 13.2. The molecule has 20 heavy (non-hydrogen) atoms. The van der Waals surface area contributed by atoms with E-state index in [9.17, 15) is 13.2 Å². The van der Waals surface area contributed by atoms with Crippen LogP contribution in [0.25, 0.3) is 11.1 Å². The Morgan fingerprint density at radius 2 is 1.65 bits per heavy atom. The lowest BCUT2D eigenvalue weighted by molar-refractivity contribution is -0.137. The molecule has 1 aliphatic rings. The number of fused-ring (bicyclic) bond motifs is 1. The Morgan fingerprint density at radius 3 is 2.45 bits per heavy atom. The highest BCUT2D eigenvalue weighted by Crippen LogP contribution is 2.39. The summed E-state index contributed by atoms with van der Waals surface area (Å²) in [5.41, 5.74) is 2.50. The molecule has 104 valence electrons. The zero-order valence-electron chi connectivity index (χ0n) is 10.8. The lowest BCUT2D eigenvalue weighted by Gasteiger charge is -2.22. The van der Waals surface area contributed by atoms with Gasteiger partial charge in [-0.15, -0.1) is 0 Å². The molecule has 1 aliphatic heterocycles. The molecule has 0 saturated carbocycles. The van der Waals surface area contributed by atoms with Gasteiger partial charge in [0, 0.05) is 6.54 Å². The minimum absolute atomic E-state index is 0.264. The minimum atomic E-state index is -4.33. The fourth-order valence-electron chi connectivity index (χ4n) is 2.73. The van der Waals surface area contributed by atoms with E-state index in [1.54, 1.807) is 18.2 Å². The first-order valence-corrected chi connectivity index (χ1v) is 6.55. The minimum Gasteiger partial charge on any atom is -0.312 e. The third kappa shape index (κ3) is 2.31. The van der Waals surface area contributed by atoms with Crippen molar-refractivity contribution in [3.05, 3.63) is 59.2 Å². The average molecular weight is 277 g/mol. The Hall–Kier alpha value is -1.81. The second kappa shape index (κ2) is 4.94. The van der Waals surface area contributed by atoms with Crippen molar-refractivity contribution in [2.45, 2.75) is 19.1 Å². The number of halogens is 3. The molecule has 1 heterocycles. The molecule has 0 aliphatic carbocycles. The van der Waals surface area contributed by atoms with Crippen LogP contribution in [0.2, 0.25) is 0 Å². The van der Waals surface area contributed by atoms with Crippen LogP contribution in [0, 0.1) is 0 Å². The molecule has 2 aromatic rings. The summed E-state index contributed by atoms with van der Waals surface area (Å²) in [5.74, 6) is 0. The molecule has 0 aromatic heterocycles. The normalized spacial score (nSPS) is 14.9. The topological polar surface area (TPSA) is 12.0 Å². The van der Waals surface area contributed by atoms with Crippen LogP contribution in [0.5, 0.6) is 0 Å². The van der Waals surface area contributed by atoms with Gasteiger partial charge in [0.1, 0.15) is 0 Å². The van der Waals surface area contributed by atoms with Crippen molar-refractivity contribution in [1.82, 2.24) is 5.32 Å². The van der Waals surface area contributed by atoms with Gasteiger partial charge < -0.3 is 5.32 Å². The second-order valence-corrected chi connectivity index (χ2v) is 4.91. The second-order valence-electron chi connectivity index (χ2n) is 4.91. The summed E-state index contributed by atoms with van der Waals surface area (Å²) >= 11 is 0. The SMILES string of the molecule is FC(F)(F)c1ccccc1-c1cccc2c1CNCC2. The number of nitrogens with one attached hydrogen (secondary N) is 1. The van der Waals surface area contributed by atoms with E-state index >= 15 is 0 Å². The molecule has 0 bridgehead atoms. The Kier molecular flexibility index (Phi) is 3.26. The van der Waals surface area contributed by atoms with Crippen LogP contribution >= 0.6 is 0 Å². The first-order chi connectivity index (χ1) is 9.57. The van der Waals surface area contributed by atoms with Crippen molar-refractivity contribution in [2.24, 2.45) is 0 Å². The summed E-state index contributed by atoms with van der Waals surface area (Å²) in [5, 5.41) is 3.23. The molecule has 0 spiro atoms. The maximum Gasteiger partial charge on any atom is 0.417 e. The Morgan fingerprint density at radius 1 is 0.900 bits per heavy atom. The van der Waals surface area contributed by atoms with Crippen molar-refractivity contribution in [3.8, 4) is 11.1 Å². The van der Waals surface area contributed by atoms with Crippen molar-refractivity contribution in [1.29, 1.82) is 0 Å². The van der Waals surface area contributed by atoms with E-state index < -0.39 is 11.7 Å². The largest absolute Gasteiger partial charge is 0.417 e. The fraction of sp³-hybridized carbons (Fsp3) is 0.250. The molecule has 0 saturated heterocycles. The van der Waals surface area contributed by atoms with Crippen LogP contribution < -0.4 is 5.32 Å². The van der Waals surface area contributed by atoms with Crippen LogP contribution in [-0.2, 0) is 19.1 Å². The van der Waals surface area contributed by atoms with Crippen molar-refractivity contribution < 1.29 is 13.2 Å². The lowest BCUT2D eigenvalue weighted by Crippen LogP contribution is -2.24. The summed E-state index contributed by atoms with van der Waals surface area (Å²) in [6.07, 6.45) is -3.47. The Labute approximate surface area is 115 Å². The number of benzene rings is 2. The highest BCUT2D eigenvalue weighted by Gasteiger charge is 2.33. The molecule has 0 atom stereocenters.